The highest BCUT2D eigenvalue weighted by molar-refractivity contribution is 5.75. The minimum Gasteiger partial charge on any atom is -0.466 e. The number of aromatic nitrogens is 3. The minimum absolute atomic E-state index is 0.108. The first-order chi connectivity index (χ1) is 15.6. The Labute approximate surface area is 186 Å². The number of nitro groups is 1. The average molecular weight is 441 g/mol. The molecule has 0 spiro atoms. The molecule has 11 nitrogen and oxygen atoms in total. The monoisotopic (exact) mass is 441 g/mol. The van der Waals surface area contributed by atoms with Crippen molar-refractivity contribution in [2.24, 2.45) is 5.92 Å². The predicted molar refractivity (Wildman–Crippen MR) is 119 cm³/mol. The van der Waals surface area contributed by atoms with E-state index in [0.29, 0.717) is 58.1 Å². The Hall–Kier alpha value is -3.50. The number of carbonyl (C=O) groups excluding carboxylic acids is 1. The zero-order valence-corrected chi connectivity index (χ0v) is 18.1. The van der Waals surface area contributed by atoms with Crippen LogP contribution in [0.3, 0.4) is 0 Å². The van der Waals surface area contributed by atoms with Crippen LogP contribution in [-0.2, 0) is 9.53 Å². The highest BCUT2D eigenvalue weighted by atomic mass is 16.6. The summed E-state index contributed by atoms with van der Waals surface area (Å²) in [5.41, 5.74) is -0.108. The van der Waals surface area contributed by atoms with Gasteiger partial charge < -0.3 is 19.4 Å². The molecule has 1 atom stereocenters. The van der Waals surface area contributed by atoms with Crippen molar-refractivity contribution in [2.75, 3.05) is 60.6 Å². The van der Waals surface area contributed by atoms with Gasteiger partial charge in [-0.25, -0.2) is 15.0 Å². The molecule has 0 bridgehead atoms. The van der Waals surface area contributed by atoms with Crippen molar-refractivity contribution >= 4 is 29.1 Å². The van der Waals surface area contributed by atoms with E-state index in [2.05, 4.69) is 19.9 Å². The van der Waals surface area contributed by atoms with Crippen LogP contribution in [0.25, 0.3) is 0 Å². The summed E-state index contributed by atoms with van der Waals surface area (Å²) in [6.07, 6.45) is 4.57. The molecule has 11 heteroatoms. The van der Waals surface area contributed by atoms with E-state index in [1.165, 1.54) is 6.33 Å². The molecule has 2 aliphatic rings. The molecule has 2 fully saturated rings. The molecular weight excluding hydrogens is 414 g/mol. The van der Waals surface area contributed by atoms with Crippen molar-refractivity contribution in [3.8, 4) is 0 Å². The van der Waals surface area contributed by atoms with E-state index < -0.39 is 4.92 Å². The third-order valence-corrected chi connectivity index (χ3v) is 5.86. The van der Waals surface area contributed by atoms with E-state index in [1.807, 2.05) is 28.0 Å². The SMILES string of the molecule is CCOC(=O)C1CCCN(c2ncnc(N3CCN(c4ccccn4)CC3)c2[N+](=O)[O-])C1. The van der Waals surface area contributed by atoms with Crippen LogP contribution in [0.4, 0.5) is 23.1 Å². The lowest BCUT2D eigenvalue weighted by molar-refractivity contribution is -0.383. The highest BCUT2D eigenvalue weighted by Gasteiger charge is 2.35. The van der Waals surface area contributed by atoms with Crippen LogP contribution in [0.2, 0.25) is 0 Å². The van der Waals surface area contributed by atoms with Crippen molar-refractivity contribution < 1.29 is 14.5 Å². The Morgan fingerprint density at radius 3 is 2.47 bits per heavy atom. The van der Waals surface area contributed by atoms with Gasteiger partial charge in [-0.2, -0.15) is 0 Å². The van der Waals surface area contributed by atoms with Gasteiger partial charge in [0, 0.05) is 45.5 Å². The fraction of sp³-hybridized carbons (Fsp3) is 0.524. The molecule has 2 aromatic rings. The number of ether oxygens (including phenoxy) is 1. The summed E-state index contributed by atoms with van der Waals surface area (Å²) >= 11 is 0. The number of hydrogen-bond acceptors (Lipinski definition) is 10. The fourth-order valence-electron chi connectivity index (χ4n) is 4.30. The maximum Gasteiger partial charge on any atom is 0.353 e. The van der Waals surface area contributed by atoms with Gasteiger partial charge in [0.15, 0.2) is 0 Å². The average Bonchev–Trinajstić information content (AvgIpc) is 2.84. The van der Waals surface area contributed by atoms with Gasteiger partial charge in [-0.15, -0.1) is 0 Å². The van der Waals surface area contributed by atoms with Crippen molar-refractivity contribution in [1.29, 1.82) is 0 Å². The molecule has 2 saturated heterocycles. The van der Waals surface area contributed by atoms with Gasteiger partial charge in [0.05, 0.1) is 17.4 Å². The Morgan fingerprint density at radius 1 is 1.09 bits per heavy atom. The molecule has 2 aliphatic heterocycles. The number of esters is 1. The lowest BCUT2D eigenvalue weighted by atomic mass is 9.98. The third kappa shape index (κ3) is 4.56. The zero-order valence-electron chi connectivity index (χ0n) is 18.1. The fourth-order valence-corrected chi connectivity index (χ4v) is 4.30. The Morgan fingerprint density at radius 2 is 1.81 bits per heavy atom. The zero-order chi connectivity index (χ0) is 22.5. The lowest BCUT2D eigenvalue weighted by Crippen LogP contribution is -2.47. The molecule has 4 heterocycles. The second-order valence-corrected chi connectivity index (χ2v) is 7.83. The first-order valence-corrected chi connectivity index (χ1v) is 10.9. The van der Waals surface area contributed by atoms with Crippen LogP contribution in [0, 0.1) is 16.0 Å². The predicted octanol–water partition coefficient (Wildman–Crippen LogP) is 1.89. The van der Waals surface area contributed by atoms with E-state index in [1.54, 1.807) is 13.1 Å². The Kier molecular flexibility index (Phi) is 6.62. The van der Waals surface area contributed by atoms with E-state index >= 15 is 0 Å². The number of pyridine rings is 1. The van der Waals surface area contributed by atoms with Gasteiger partial charge in [0.2, 0.25) is 11.6 Å². The first kappa shape index (κ1) is 21.7. The number of rotatable bonds is 6. The molecule has 0 saturated carbocycles. The molecule has 0 aromatic carbocycles. The number of piperidine rings is 1. The normalized spacial score (nSPS) is 19.0. The molecule has 170 valence electrons. The summed E-state index contributed by atoms with van der Waals surface area (Å²) in [6.45, 7) is 5.57. The van der Waals surface area contributed by atoms with Crippen LogP contribution >= 0.6 is 0 Å². The van der Waals surface area contributed by atoms with Crippen LogP contribution in [0.1, 0.15) is 19.8 Å². The number of nitrogens with zero attached hydrogens (tertiary/aromatic N) is 7. The van der Waals surface area contributed by atoms with Crippen molar-refractivity contribution in [3.05, 3.63) is 40.8 Å². The molecule has 0 aliphatic carbocycles. The number of piperazine rings is 1. The van der Waals surface area contributed by atoms with Crippen molar-refractivity contribution in [1.82, 2.24) is 15.0 Å². The molecule has 4 rings (SSSR count). The van der Waals surface area contributed by atoms with Crippen molar-refractivity contribution in [2.45, 2.75) is 19.8 Å². The summed E-state index contributed by atoms with van der Waals surface area (Å²) in [4.78, 5) is 42.7. The van der Waals surface area contributed by atoms with Gasteiger partial charge in [0.25, 0.3) is 0 Å². The minimum atomic E-state index is -0.413. The second kappa shape index (κ2) is 9.75. The maximum atomic E-state index is 12.2. The van der Waals surface area contributed by atoms with Gasteiger partial charge in [-0.3, -0.25) is 14.9 Å². The van der Waals surface area contributed by atoms with E-state index in [4.69, 9.17) is 4.74 Å². The number of hydrogen-bond donors (Lipinski definition) is 0. The quantitative estimate of drug-likeness (QED) is 0.373. The second-order valence-electron chi connectivity index (χ2n) is 7.83. The maximum absolute atomic E-state index is 12.2. The number of carbonyl (C=O) groups is 1. The van der Waals surface area contributed by atoms with E-state index in [0.717, 1.165) is 12.2 Å². The summed E-state index contributed by atoms with van der Waals surface area (Å²) < 4.78 is 5.16. The summed E-state index contributed by atoms with van der Waals surface area (Å²) in [6, 6.07) is 5.77. The van der Waals surface area contributed by atoms with E-state index in [9.17, 15) is 14.9 Å². The summed E-state index contributed by atoms with van der Waals surface area (Å²) in [5, 5.41) is 12.1. The van der Waals surface area contributed by atoms with Crippen LogP contribution in [0.15, 0.2) is 30.7 Å². The lowest BCUT2D eigenvalue weighted by Gasteiger charge is -2.36. The van der Waals surface area contributed by atoms with Gasteiger partial charge in [-0.1, -0.05) is 6.07 Å². The van der Waals surface area contributed by atoms with Crippen LogP contribution in [0.5, 0.6) is 0 Å². The van der Waals surface area contributed by atoms with E-state index in [-0.39, 0.29) is 23.4 Å². The van der Waals surface area contributed by atoms with Gasteiger partial charge >= 0.3 is 11.7 Å². The topological polar surface area (TPSA) is 118 Å². The first-order valence-electron chi connectivity index (χ1n) is 10.9. The van der Waals surface area contributed by atoms with Gasteiger partial charge in [-0.05, 0) is 31.9 Å². The number of anilines is 3. The highest BCUT2D eigenvalue weighted by Crippen LogP contribution is 2.36. The molecular formula is C21H27N7O4. The Bertz CT molecular complexity index is 950. The molecule has 0 radical (unpaired) electrons. The molecule has 0 amide bonds. The molecule has 1 unspecified atom stereocenters. The van der Waals surface area contributed by atoms with Crippen molar-refractivity contribution in [3.63, 3.8) is 0 Å². The summed E-state index contributed by atoms with van der Waals surface area (Å²) in [7, 11) is 0. The summed E-state index contributed by atoms with van der Waals surface area (Å²) in [5.74, 6) is 0.895. The molecule has 32 heavy (non-hydrogen) atoms. The largest absolute Gasteiger partial charge is 0.466 e. The molecule has 0 N–H and O–H groups in total. The smallest absolute Gasteiger partial charge is 0.353 e. The molecule has 2 aromatic heterocycles. The van der Waals surface area contributed by atoms with Crippen LogP contribution < -0.4 is 14.7 Å². The van der Waals surface area contributed by atoms with Gasteiger partial charge in [0.1, 0.15) is 12.1 Å². The Balaban J connectivity index is 1.54. The standard InChI is InChI=1S/C21H27N7O4/c1-2-32-21(29)16-6-5-9-27(14-16)20-18(28(30)31)19(23-15-24-20)26-12-10-25(11-13-26)17-7-3-4-8-22-17/h3-4,7-8,15-16H,2,5-6,9-14H2,1H3. The third-order valence-electron chi connectivity index (χ3n) is 5.86. The van der Waals surface area contributed by atoms with Crippen LogP contribution in [-0.4, -0.2) is 71.7 Å².